The standard InChI is InChI=1S/C13H12O5/c1-9(14)11-8-12(10-6-4-3-5-7-10)16-13(11,15-2)18-17-12/h3-8H,1-2H3. The zero-order valence-corrected chi connectivity index (χ0v) is 10.0. The lowest BCUT2D eigenvalue weighted by molar-refractivity contribution is -0.399. The topological polar surface area (TPSA) is 54.0 Å². The van der Waals surface area contributed by atoms with Crippen LogP contribution < -0.4 is 0 Å². The van der Waals surface area contributed by atoms with Crippen molar-refractivity contribution in [3.8, 4) is 0 Å². The molecule has 94 valence electrons. The van der Waals surface area contributed by atoms with Crippen molar-refractivity contribution in [1.82, 2.24) is 0 Å². The van der Waals surface area contributed by atoms with Crippen LogP contribution in [-0.4, -0.2) is 18.9 Å². The van der Waals surface area contributed by atoms with Crippen molar-refractivity contribution in [2.45, 2.75) is 18.7 Å². The molecule has 0 saturated carbocycles. The van der Waals surface area contributed by atoms with Gasteiger partial charge in [-0.15, -0.1) is 0 Å². The van der Waals surface area contributed by atoms with Crippen LogP contribution in [0.4, 0.5) is 0 Å². The Kier molecular flexibility index (Phi) is 2.39. The molecule has 5 heteroatoms. The molecule has 0 aliphatic carbocycles. The Morgan fingerprint density at radius 1 is 1.22 bits per heavy atom. The number of Topliss-reactive ketones (excluding diaryl/α,β-unsaturated/α-hetero) is 1. The Morgan fingerprint density at radius 3 is 2.50 bits per heavy atom. The number of carbonyl (C=O) groups is 1. The monoisotopic (exact) mass is 248 g/mol. The van der Waals surface area contributed by atoms with Crippen LogP contribution >= 0.6 is 0 Å². The van der Waals surface area contributed by atoms with Gasteiger partial charge in [-0.25, -0.2) is 0 Å². The van der Waals surface area contributed by atoms with Crippen molar-refractivity contribution >= 4 is 5.78 Å². The van der Waals surface area contributed by atoms with E-state index in [1.165, 1.54) is 14.0 Å². The van der Waals surface area contributed by atoms with Gasteiger partial charge in [-0.2, -0.15) is 9.78 Å². The number of methoxy groups -OCH3 is 1. The van der Waals surface area contributed by atoms with Gasteiger partial charge < -0.3 is 4.74 Å². The zero-order chi connectivity index (χ0) is 12.8. The van der Waals surface area contributed by atoms with E-state index in [1.807, 2.05) is 30.3 Å². The van der Waals surface area contributed by atoms with E-state index in [0.29, 0.717) is 5.57 Å². The molecule has 2 atom stereocenters. The Balaban J connectivity index is 2.10. The predicted octanol–water partition coefficient (Wildman–Crippen LogP) is 1.65. The largest absolute Gasteiger partial charge is 0.346 e. The number of carbonyl (C=O) groups excluding carboxylic acids is 1. The summed E-state index contributed by atoms with van der Waals surface area (Å²) >= 11 is 0. The number of ketones is 1. The summed E-state index contributed by atoms with van der Waals surface area (Å²) in [6.07, 6.45) is 1.59. The van der Waals surface area contributed by atoms with E-state index in [9.17, 15) is 4.79 Å². The number of rotatable bonds is 3. The van der Waals surface area contributed by atoms with E-state index in [2.05, 4.69) is 0 Å². The lowest BCUT2D eigenvalue weighted by atomic mass is 10.0. The van der Waals surface area contributed by atoms with E-state index in [-0.39, 0.29) is 5.78 Å². The molecule has 1 aromatic rings. The van der Waals surface area contributed by atoms with E-state index in [0.717, 1.165) is 5.56 Å². The minimum atomic E-state index is -1.55. The van der Waals surface area contributed by atoms with Crippen LogP contribution in [0.25, 0.3) is 0 Å². The van der Waals surface area contributed by atoms with Gasteiger partial charge in [0.1, 0.15) is 0 Å². The predicted molar refractivity (Wildman–Crippen MR) is 59.9 cm³/mol. The number of benzene rings is 1. The van der Waals surface area contributed by atoms with E-state index >= 15 is 0 Å². The molecule has 2 bridgehead atoms. The van der Waals surface area contributed by atoms with Gasteiger partial charge in [-0.05, 0) is 13.0 Å². The van der Waals surface area contributed by atoms with Crippen molar-refractivity contribution in [2.75, 3.05) is 7.11 Å². The summed E-state index contributed by atoms with van der Waals surface area (Å²) in [6.45, 7) is 1.43. The summed E-state index contributed by atoms with van der Waals surface area (Å²) in [7, 11) is 1.40. The summed E-state index contributed by atoms with van der Waals surface area (Å²) < 4.78 is 10.8. The third-order valence-electron chi connectivity index (χ3n) is 3.05. The molecular formula is C13H12O5. The van der Waals surface area contributed by atoms with E-state index in [1.54, 1.807) is 6.08 Å². The Bertz CT molecular complexity index is 523. The molecule has 2 aliphatic heterocycles. The second-order valence-corrected chi connectivity index (χ2v) is 4.18. The summed E-state index contributed by atoms with van der Waals surface area (Å²) in [4.78, 5) is 21.9. The van der Waals surface area contributed by atoms with Crippen LogP contribution in [0.3, 0.4) is 0 Å². The van der Waals surface area contributed by atoms with Crippen LogP contribution in [0.2, 0.25) is 0 Å². The lowest BCUT2D eigenvalue weighted by Crippen LogP contribution is -2.35. The van der Waals surface area contributed by atoms with Gasteiger partial charge in [-0.1, -0.05) is 30.3 Å². The Hall–Kier alpha value is -1.53. The minimum absolute atomic E-state index is 0.182. The van der Waals surface area contributed by atoms with Crippen LogP contribution in [0, 0.1) is 0 Å². The fourth-order valence-corrected chi connectivity index (χ4v) is 2.15. The van der Waals surface area contributed by atoms with Gasteiger partial charge in [0.2, 0.25) is 0 Å². The molecule has 0 amide bonds. The highest BCUT2D eigenvalue weighted by atomic mass is 17.3. The van der Waals surface area contributed by atoms with E-state index in [4.69, 9.17) is 19.2 Å². The maximum atomic E-state index is 11.6. The molecule has 0 N–H and O–H groups in total. The molecule has 0 radical (unpaired) electrons. The fraction of sp³-hybridized carbons (Fsp3) is 0.308. The van der Waals surface area contributed by atoms with Crippen LogP contribution in [0.15, 0.2) is 42.0 Å². The number of hydrogen-bond acceptors (Lipinski definition) is 5. The van der Waals surface area contributed by atoms with Crippen molar-refractivity contribution in [3.05, 3.63) is 47.5 Å². The molecule has 18 heavy (non-hydrogen) atoms. The molecule has 2 heterocycles. The average Bonchev–Trinajstić information content (AvgIpc) is 2.95. The van der Waals surface area contributed by atoms with E-state index < -0.39 is 11.8 Å². The molecule has 2 unspecified atom stereocenters. The summed E-state index contributed by atoms with van der Waals surface area (Å²) in [5, 5.41) is 0. The minimum Gasteiger partial charge on any atom is -0.325 e. The lowest BCUT2D eigenvalue weighted by Gasteiger charge is -2.20. The SMILES string of the molecule is COC12OOC(c3ccccc3)(C=C1C(C)=O)O2. The molecule has 1 aromatic carbocycles. The number of hydrogen-bond donors (Lipinski definition) is 0. The van der Waals surface area contributed by atoms with Crippen molar-refractivity contribution in [2.24, 2.45) is 0 Å². The summed E-state index contributed by atoms with van der Waals surface area (Å²) in [5.41, 5.74) is 1.04. The summed E-state index contributed by atoms with van der Waals surface area (Å²) in [6, 6.07) is 9.24. The molecule has 5 nitrogen and oxygen atoms in total. The van der Waals surface area contributed by atoms with Crippen LogP contribution in [0.5, 0.6) is 0 Å². The Labute approximate surface area is 104 Å². The second kappa shape index (κ2) is 3.73. The molecule has 3 rings (SSSR count). The Morgan fingerprint density at radius 2 is 1.94 bits per heavy atom. The summed E-state index contributed by atoms with van der Waals surface area (Å²) in [5.74, 6) is -2.95. The normalized spacial score (nSPS) is 33.6. The van der Waals surface area contributed by atoms with Crippen LogP contribution in [-0.2, 0) is 29.8 Å². The first-order valence-corrected chi connectivity index (χ1v) is 5.54. The molecular weight excluding hydrogens is 236 g/mol. The van der Waals surface area contributed by atoms with Gasteiger partial charge in [0.05, 0.1) is 5.57 Å². The third-order valence-corrected chi connectivity index (χ3v) is 3.05. The highest BCUT2D eigenvalue weighted by molar-refractivity contribution is 5.95. The zero-order valence-electron chi connectivity index (χ0n) is 10.0. The molecule has 1 saturated heterocycles. The molecule has 0 spiro atoms. The number of ether oxygens (including phenoxy) is 2. The van der Waals surface area contributed by atoms with Gasteiger partial charge in [0.15, 0.2) is 5.78 Å². The smallest absolute Gasteiger partial charge is 0.325 e. The van der Waals surface area contributed by atoms with Crippen LogP contribution in [0.1, 0.15) is 12.5 Å². The first kappa shape index (κ1) is 11.6. The highest BCUT2D eigenvalue weighted by Crippen LogP contribution is 2.51. The van der Waals surface area contributed by atoms with Crippen molar-refractivity contribution < 1.29 is 24.0 Å². The molecule has 0 aromatic heterocycles. The maximum Gasteiger partial charge on any atom is 0.346 e. The molecule has 2 aliphatic rings. The fourth-order valence-electron chi connectivity index (χ4n) is 2.15. The first-order valence-electron chi connectivity index (χ1n) is 5.54. The average molecular weight is 248 g/mol. The number of fused-ring (bicyclic) bond motifs is 2. The third kappa shape index (κ3) is 1.39. The first-order chi connectivity index (χ1) is 8.62. The quantitative estimate of drug-likeness (QED) is 0.761. The van der Waals surface area contributed by atoms with Crippen molar-refractivity contribution in [3.63, 3.8) is 0 Å². The van der Waals surface area contributed by atoms with Gasteiger partial charge in [0.25, 0.3) is 5.79 Å². The highest BCUT2D eigenvalue weighted by Gasteiger charge is 2.63. The van der Waals surface area contributed by atoms with Crippen molar-refractivity contribution in [1.29, 1.82) is 0 Å². The maximum absolute atomic E-state index is 11.6. The molecule has 1 fully saturated rings. The van der Waals surface area contributed by atoms with Gasteiger partial charge in [-0.3, -0.25) is 9.53 Å². The second-order valence-electron chi connectivity index (χ2n) is 4.18. The van der Waals surface area contributed by atoms with Gasteiger partial charge in [0, 0.05) is 12.7 Å². The van der Waals surface area contributed by atoms with Gasteiger partial charge >= 0.3 is 5.97 Å².